The number of nitrogens with zero attached hydrogens (tertiary/aromatic N) is 5. The lowest BCUT2D eigenvalue weighted by Gasteiger charge is -2.44. The lowest BCUT2D eigenvalue weighted by atomic mass is 9.99. The van der Waals surface area contributed by atoms with E-state index in [1.54, 1.807) is 43.5 Å². The molecule has 0 aliphatic carbocycles. The van der Waals surface area contributed by atoms with Crippen LogP contribution in [0.5, 0.6) is 0 Å². The van der Waals surface area contributed by atoms with E-state index < -0.39 is 0 Å². The summed E-state index contributed by atoms with van der Waals surface area (Å²) in [7, 11) is 1.70. The molecule has 1 aliphatic rings. The van der Waals surface area contributed by atoms with Crippen LogP contribution in [0.15, 0.2) is 59.5 Å². The van der Waals surface area contributed by atoms with Gasteiger partial charge in [-0.05, 0) is 49.0 Å². The van der Waals surface area contributed by atoms with E-state index in [0.717, 1.165) is 5.56 Å². The Bertz CT molecular complexity index is 1360. The zero-order chi connectivity index (χ0) is 24.4. The molecule has 0 spiro atoms. The number of thiocarbonyl (C=S) groups is 1. The molecule has 9 heteroatoms. The maximum Gasteiger partial charge on any atom is 0.252 e. The number of pyridine rings is 2. The number of hydrogen-bond acceptors (Lipinski definition) is 7. The Balaban J connectivity index is 1.69. The van der Waals surface area contributed by atoms with Gasteiger partial charge in [-0.2, -0.15) is 5.26 Å². The summed E-state index contributed by atoms with van der Waals surface area (Å²) in [5, 5.41) is 9.34. The molecule has 34 heavy (non-hydrogen) atoms. The highest BCUT2D eigenvalue weighted by atomic mass is 32.1. The van der Waals surface area contributed by atoms with Gasteiger partial charge in [-0.25, -0.2) is 9.37 Å². The van der Waals surface area contributed by atoms with Crippen LogP contribution in [0.4, 0.5) is 10.1 Å². The van der Waals surface area contributed by atoms with Crippen molar-refractivity contribution in [2.45, 2.75) is 19.0 Å². The quantitative estimate of drug-likeness (QED) is 0.447. The summed E-state index contributed by atoms with van der Waals surface area (Å²) in [6.07, 6.45) is 3.12. The van der Waals surface area contributed by atoms with Crippen LogP contribution in [-0.4, -0.2) is 45.0 Å². The van der Waals surface area contributed by atoms with Crippen molar-refractivity contribution in [3.63, 3.8) is 0 Å². The maximum atomic E-state index is 13.5. The largest absolute Gasteiger partial charge is 0.405 e. The molecule has 174 valence electrons. The zero-order valence-electron chi connectivity index (χ0n) is 19.0. The van der Waals surface area contributed by atoms with Gasteiger partial charge in [0, 0.05) is 43.7 Å². The minimum absolute atomic E-state index is 0.0178. The minimum atomic E-state index is -0.303. The molecule has 2 N–H and O–H groups in total. The molecular formula is C25H25FN6OS. The molecule has 1 aliphatic heterocycles. The van der Waals surface area contributed by atoms with E-state index in [-0.39, 0.29) is 23.5 Å². The van der Waals surface area contributed by atoms with Crippen LogP contribution in [0.2, 0.25) is 0 Å². The number of fused-ring (bicyclic) bond motifs is 1. The first kappa shape index (κ1) is 23.5. The predicted octanol–water partition coefficient (Wildman–Crippen LogP) is 3.04. The van der Waals surface area contributed by atoms with Gasteiger partial charge in [-0.15, -0.1) is 0 Å². The number of halogens is 1. The molecular weight excluding hydrogens is 451 g/mol. The third-order valence-electron chi connectivity index (χ3n) is 6.23. The Morgan fingerprint density at radius 1 is 1.29 bits per heavy atom. The Hall–Kier alpha value is -3.61. The highest BCUT2D eigenvalue weighted by Crippen LogP contribution is 2.31. The highest BCUT2D eigenvalue weighted by Gasteiger charge is 2.32. The minimum Gasteiger partial charge on any atom is -0.405 e. The molecule has 1 saturated heterocycles. The van der Waals surface area contributed by atoms with Crippen molar-refractivity contribution in [3.05, 3.63) is 82.2 Å². The smallest absolute Gasteiger partial charge is 0.252 e. The molecule has 1 fully saturated rings. The van der Waals surface area contributed by atoms with Gasteiger partial charge in [0.05, 0.1) is 17.2 Å². The molecule has 7 nitrogen and oxygen atoms in total. The Kier molecular flexibility index (Phi) is 6.72. The SMILES string of the molecule is C[C@H]1CN(C(C(=S)C=CN)c2ccc(F)cc2)CCN1c1cc(=O)n(C)c2ccc(C#N)nc12. The van der Waals surface area contributed by atoms with E-state index in [2.05, 4.69) is 27.8 Å². The molecule has 1 aromatic carbocycles. The van der Waals surface area contributed by atoms with Crippen molar-refractivity contribution < 1.29 is 4.39 Å². The summed E-state index contributed by atoms with van der Waals surface area (Å²) in [4.78, 5) is 22.2. The lowest BCUT2D eigenvalue weighted by molar-refractivity contribution is 0.205. The van der Waals surface area contributed by atoms with E-state index in [9.17, 15) is 14.4 Å². The van der Waals surface area contributed by atoms with E-state index in [0.29, 0.717) is 46.9 Å². The number of aryl methyl sites for hydroxylation is 1. The van der Waals surface area contributed by atoms with Gasteiger partial charge in [-0.3, -0.25) is 9.69 Å². The van der Waals surface area contributed by atoms with Gasteiger partial charge in [0.1, 0.15) is 23.1 Å². The second-order valence-electron chi connectivity index (χ2n) is 8.36. The van der Waals surface area contributed by atoms with Crippen molar-refractivity contribution in [1.82, 2.24) is 14.5 Å². The molecule has 0 radical (unpaired) electrons. The molecule has 0 bridgehead atoms. The van der Waals surface area contributed by atoms with Crippen molar-refractivity contribution in [2.24, 2.45) is 12.8 Å². The fraction of sp³-hybridized carbons (Fsp3) is 0.280. The topological polar surface area (TPSA) is 91.2 Å². The average Bonchev–Trinajstić information content (AvgIpc) is 2.83. The average molecular weight is 477 g/mol. The number of hydrogen-bond donors (Lipinski definition) is 1. The van der Waals surface area contributed by atoms with Gasteiger partial charge < -0.3 is 15.2 Å². The third kappa shape index (κ3) is 4.42. The van der Waals surface area contributed by atoms with Crippen LogP contribution in [0.3, 0.4) is 0 Å². The molecule has 2 aromatic heterocycles. The highest BCUT2D eigenvalue weighted by molar-refractivity contribution is 7.80. The fourth-order valence-electron chi connectivity index (χ4n) is 4.56. The van der Waals surface area contributed by atoms with Crippen LogP contribution in [0.1, 0.15) is 24.2 Å². The Morgan fingerprint density at radius 3 is 2.68 bits per heavy atom. The number of anilines is 1. The first-order valence-corrected chi connectivity index (χ1v) is 11.3. The second kappa shape index (κ2) is 9.71. The molecule has 1 unspecified atom stereocenters. The number of nitrogens with two attached hydrogens (primary N) is 1. The van der Waals surface area contributed by atoms with Crippen LogP contribution in [-0.2, 0) is 7.05 Å². The summed E-state index contributed by atoms with van der Waals surface area (Å²) >= 11 is 5.65. The normalized spacial score (nSPS) is 17.7. The van der Waals surface area contributed by atoms with Crippen LogP contribution >= 0.6 is 12.2 Å². The van der Waals surface area contributed by atoms with Gasteiger partial charge >= 0.3 is 0 Å². The fourth-order valence-corrected chi connectivity index (χ4v) is 4.92. The van der Waals surface area contributed by atoms with Crippen LogP contribution < -0.4 is 16.2 Å². The van der Waals surface area contributed by atoms with Crippen molar-refractivity contribution >= 4 is 33.8 Å². The van der Waals surface area contributed by atoms with Crippen LogP contribution in [0, 0.1) is 17.1 Å². The molecule has 4 rings (SSSR count). The van der Waals surface area contributed by atoms with E-state index >= 15 is 0 Å². The first-order valence-electron chi connectivity index (χ1n) is 10.9. The van der Waals surface area contributed by atoms with Gasteiger partial charge in [-0.1, -0.05) is 24.4 Å². The van der Waals surface area contributed by atoms with E-state index in [1.807, 2.05) is 0 Å². The van der Waals surface area contributed by atoms with Crippen LogP contribution in [0.25, 0.3) is 11.0 Å². The first-order chi connectivity index (χ1) is 16.3. The predicted molar refractivity (Wildman–Crippen MR) is 135 cm³/mol. The van der Waals surface area contributed by atoms with E-state index in [4.69, 9.17) is 18.0 Å². The standard InChI is InChI=1S/C25H25FN6OS/c1-16-15-31(25(22(34)9-10-27)17-3-5-18(26)6-4-17)11-12-32(16)21-13-23(33)30(2)20-8-7-19(14-28)29-24(20)21/h3-10,13,16,25H,11-12,15,27H2,1-2H3/t16-,25?/m0/s1. The Labute approximate surface area is 202 Å². The second-order valence-corrected chi connectivity index (χ2v) is 8.83. The number of benzene rings is 1. The third-order valence-corrected chi connectivity index (χ3v) is 6.59. The Morgan fingerprint density at radius 2 is 2.03 bits per heavy atom. The van der Waals surface area contributed by atoms with Crippen molar-refractivity contribution in [1.29, 1.82) is 5.26 Å². The number of piperazine rings is 1. The summed E-state index contributed by atoms with van der Waals surface area (Å²) in [5.41, 5.74) is 8.68. The summed E-state index contributed by atoms with van der Waals surface area (Å²) in [5.74, 6) is -0.303. The maximum absolute atomic E-state index is 13.5. The summed E-state index contributed by atoms with van der Waals surface area (Å²) in [6, 6.07) is 13.2. The van der Waals surface area contributed by atoms with Gasteiger partial charge in [0.25, 0.3) is 5.56 Å². The van der Waals surface area contributed by atoms with Gasteiger partial charge in [0.2, 0.25) is 0 Å². The molecule has 2 atom stereocenters. The molecule has 0 amide bonds. The number of nitriles is 1. The molecule has 0 saturated carbocycles. The summed E-state index contributed by atoms with van der Waals surface area (Å²) in [6.45, 7) is 4.00. The summed E-state index contributed by atoms with van der Waals surface area (Å²) < 4.78 is 15.1. The zero-order valence-corrected chi connectivity index (χ0v) is 19.8. The van der Waals surface area contributed by atoms with Crippen molar-refractivity contribution in [3.8, 4) is 6.07 Å². The van der Waals surface area contributed by atoms with E-state index in [1.165, 1.54) is 22.9 Å². The molecule has 3 aromatic rings. The number of rotatable bonds is 5. The van der Waals surface area contributed by atoms with Gasteiger partial charge in [0.15, 0.2) is 0 Å². The lowest BCUT2D eigenvalue weighted by Crippen LogP contribution is -2.54. The number of aromatic nitrogens is 2. The monoisotopic (exact) mass is 476 g/mol. The van der Waals surface area contributed by atoms with Crippen molar-refractivity contribution in [2.75, 3.05) is 24.5 Å². The molecule has 3 heterocycles.